The van der Waals surface area contributed by atoms with Crippen molar-refractivity contribution >= 4 is 22.3 Å². The number of piperidine rings is 3. The second kappa shape index (κ2) is 10.3. The number of aryl methyl sites for hydroxylation is 1. The fourth-order valence-electron chi connectivity index (χ4n) is 6.40. The molecule has 5 atom stereocenters. The van der Waals surface area contributed by atoms with Gasteiger partial charge in [0.2, 0.25) is 0 Å². The third-order valence-corrected chi connectivity index (χ3v) is 8.66. The molecule has 3 saturated heterocycles. The van der Waals surface area contributed by atoms with Crippen LogP contribution in [0.25, 0.3) is 10.9 Å². The fraction of sp³-hybridized carbons (Fsp3) is 0.344. The maximum absolute atomic E-state index is 12.9. The highest BCUT2D eigenvalue weighted by atomic mass is 16.5. The van der Waals surface area contributed by atoms with Gasteiger partial charge in [0.1, 0.15) is 17.1 Å². The van der Waals surface area contributed by atoms with Crippen LogP contribution in [0.15, 0.2) is 77.0 Å². The van der Waals surface area contributed by atoms with Crippen molar-refractivity contribution < 1.29 is 4.74 Å². The summed E-state index contributed by atoms with van der Waals surface area (Å²) in [7, 11) is 1.66. The minimum Gasteiger partial charge on any atom is -0.497 e. The minimum absolute atomic E-state index is 0.158. The molecular formula is C32H34N4O3. The minimum atomic E-state index is -0.471. The number of hydrogen-bond donors (Lipinski definition) is 2. The summed E-state index contributed by atoms with van der Waals surface area (Å²) in [5.41, 5.74) is 3.93. The van der Waals surface area contributed by atoms with Gasteiger partial charge in [0.05, 0.1) is 18.7 Å². The van der Waals surface area contributed by atoms with Crippen LogP contribution >= 0.6 is 0 Å². The van der Waals surface area contributed by atoms with Crippen molar-refractivity contribution in [1.29, 1.82) is 0 Å². The van der Waals surface area contributed by atoms with Crippen LogP contribution in [0.5, 0.6) is 5.75 Å². The standard InChI is InChI=1S/C32H34N4O3/c1-4-21-18-36-14-12-22(21)15-27(36)28(24-11-13-33-26-10-9-23(39-3)16-25(24)26)35-30-29(31(37)32(30)38)34-17-20-7-5-19(2)6-8-20/h4-11,13,16,21-22,27-28,34-35H,1,12,14-15,17-18H2,2-3H3/t21?,22?,27-,28-/m0/s1. The van der Waals surface area contributed by atoms with E-state index >= 15 is 0 Å². The second-order valence-electron chi connectivity index (χ2n) is 10.9. The smallest absolute Gasteiger partial charge is 0.253 e. The maximum atomic E-state index is 12.9. The van der Waals surface area contributed by atoms with Crippen molar-refractivity contribution in [3.8, 4) is 5.75 Å². The molecule has 0 amide bonds. The van der Waals surface area contributed by atoms with Crippen LogP contribution in [-0.2, 0) is 6.54 Å². The topological polar surface area (TPSA) is 83.6 Å². The molecule has 200 valence electrons. The van der Waals surface area contributed by atoms with Gasteiger partial charge in [-0.3, -0.25) is 19.5 Å². The Balaban J connectivity index is 1.38. The summed E-state index contributed by atoms with van der Waals surface area (Å²) in [6.45, 7) is 8.55. The number of pyridine rings is 1. The van der Waals surface area contributed by atoms with Crippen molar-refractivity contribution in [1.82, 2.24) is 9.88 Å². The first kappa shape index (κ1) is 25.3. The number of rotatable bonds is 9. The van der Waals surface area contributed by atoms with Crippen LogP contribution < -0.4 is 26.2 Å². The van der Waals surface area contributed by atoms with Crippen molar-refractivity contribution in [3.05, 3.63) is 105 Å². The van der Waals surface area contributed by atoms with E-state index in [2.05, 4.69) is 33.2 Å². The van der Waals surface area contributed by atoms with Crippen LogP contribution in [0.1, 0.15) is 35.6 Å². The Labute approximate surface area is 228 Å². The molecule has 0 radical (unpaired) electrons. The zero-order valence-electron chi connectivity index (χ0n) is 22.4. The number of methoxy groups -OCH3 is 1. The first-order valence-electron chi connectivity index (χ1n) is 13.7. The van der Waals surface area contributed by atoms with Crippen LogP contribution in [-0.4, -0.2) is 36.1 Å². The molecule has 39 heavy (non-hydrogen) atoms. The Hall–Kier alpha value is -3.97. The lowest BCUT2D eigenvalue weighted by molar-refractivity contribution is 0.0105. The molecule has 7 rings (SSSR count). The molecule has 2 N–H and O–H groups in total. The van der Waals surface area contributed by atoms with Gasteiger partial charge in [-0.2, -0.15) is 0 Å². The molecule has 4 heterocycles. The quantitative estimate of drug-likeness (QED) is 0.241. The molecule has 0 saturated carbocycles. The molecule has 3 unspecified atom stereocenters. The van der Waals surface area contributed by atoms with Crippen LogP contribution in [0, 0.1) is 18.8 Å². The van der Waals surface area contributed by atoms with Gasteiger partial charge in [-0.15, -0.1) is 6.58 Å². The lowest BCUT2D eigenvalue weighted by Gasteiger charge is -2.52. The van der Waals surface area contributed by atoms with Crippen molar-refractivity contribution in [2.45, 2.75) is 38.4 Å². The number of anilines is 2. The largest absolute Gasteiger partial charge is 0.497 e. The van der Waals surface area contributed by atoms with E-state index < -0.39 is 10.9 Å². The number of fused-ring (bicyclic) bond motifs is 4. The first-order valence-corrected chi connectivity index (χ1v) is 13.7. The van der Waals surface area contributed by atoms with E-state index in [0.717, 1.165) is 53.7 Å². The van der Waals surface area contributed by atoms with Crippen molar-refractivity contribution in [2.24, 2.45) is 11.8 Å². The van der Waals surface area contributed by atoms with E-state index in [-0.39, 0.29) is 12.1 Å². The van der Waals surface area contributed by atoms with E-state index in [1.165, 1.54) is 5.56 Å². The molecule has 0 spiro atoms. The Morgan fingerprint density at radius 3 is 2.64 bits per heavy atom. The second-order valence-corrected chi connectivity index (χ2v) is 10.9. The van der Waals surface area contributed by atoms with Gasteiger partial charge in [0, 0.05) is 30.7 Å². The van der Waals surface area contributed by atoms with Crippen LogP contribution in [0.3, 0.4) is 0 Å². The highest BCUT2D eigenvalue weighted by molar-refractivity contribution is 5.85. The van der Waals surface area contributed by atoms with Gasteiger partial charge >= 0.3 is 0 Å². The Bertz CT molecular complexity index is 1590. The van der Waals surface area contributed by atoms with E-state index in [4.69, 9.17) is 4.74 Å². The molecule has 1 aromatic heterocycles. The molecule has 3 fully saturated rings. The Kier molecular flexibility index (Phi) is 6.69. The van der Waals surface area contributed by atoms with Crippen LogP contribution in [0.4, 0.5) is 11.4 Å². The van der Waals surface area contributed by atoms with Gasteiger partial charge < -0.3 is 15.4 Å². The molecule has 0 aliphatic carbocycles. The summed E-state index contributed by atoms with van der Waals surface area (Å²) in [4.78, 5) is 32.7. The summed E-state index contributed by atoms with van der Waals surface area (Å²) in [6, 6.07) is 16.0. The molecule has 3 aliphatic rings. The molecule has 3 aliphatic heterocycles. The average molecular weight is 523 g/mol. The molecule has 4 aromatic rings. The summed E-state index contributed by atoms with van der Waals surface area (Å²) in [5.74, 6) is 1.78. The molecule has 7 nitrogen and oxygen atoms in total. The Morgan fingerprint density at radius 2 is 1.92 bits per heavy atom. The fourth-order valence-corrected chi connectivity index (χ4v) is 6.40. The SMILES string of the molecule is C=CC1CN2CCC1C[C@H]2[C@@H](Nc1c(NCc2ccc(C)cc2)c(=O)c1=O)c1ccnc2ccc(OC)cc12. The number of ether oxygens (including phenoxy) is 1. The summed E-state index contributed by atoms with van der Waals surface area (Å²) in [6.07, 6.45) is 6.05. The van der Waals surface area contributed by atoms with Crippen LogP contribution in [0.2, 0.25) is 0 Å². The van der Waals surface area contributed by atoms with E-state index in [9.17, 15) is 9.59 Å². The summed E-state index contributed by atoms with van der Waals surface area (Å²) in [5, 5.41) is 7.79. The third-order valence-electron chi connectivity index (χ3n) is 8.66. The highest BCUT2D eigenvalue weighted by Crippen LogP contribution is 2.43. The summed E-state index contributed by atoms with van der Waals surface area (Å²) >= 11 is 0. The number of aromatic nitrogens is 1. The van der Waals surface area contributed by atoms with E-state index in [0.29, 0.717) is 29.8 Å². The number of nitrogens with zero attached hydrogens (tertiary/aromatic N) is 2. The van der Waals surface area contributed by atoms with Crippen molar-refractivity contribution in [2.75, 3.05) is 30.8 Å². The lowest BCUT2D eigenvalue weighted by Crippen LogP contribution is -2.56. The maximum Gasteiger partial charge on any atom is 0.253 e. The number of benzene rings is 2. The normalized spacial score (nSPS) is 23.0. The average Bonchev–Trinajstić information content (AvgIpc) is 2.99. The Morgan fingerprint density at radius 1 is 1.13 bits per heavy atom. The molecular weight excluding hydrogens is 488 g/mol. The van der Waals surface area contributed by atoms with Gasteiger partial charge in [-0.25, -0.2) is 0 Å². The summed E-state index contributed by atoms with van der Waals surface area (Å²) < 4.78 is 5.54. The third kappa shape index (κ3) is 4.61. The monoisotopic (exact) mass is 522 g/mol. The molecule has 2 bridgehead atoms. The van der Waals surface area contributed by atoms with Gasteiger partial charge in [-0.05, 0) is 73.5 Å². The van der Waals surface area contributed by atoms with Crippen molar-refractivity contribution in [3.63, 3.8) is 0 Å². The number of hydrogen-bond acceptors (Lipinski definition) is 7. The predicted molar refractivity (Wildman–Crippen MR) is 156 cm³/mol. The van der Waals surface area contributed by atoms with Gasteiger partial charge in [0.15, 0.2) is 0 Å². The zero-order valence-corrected chi connectivity index (χ0v) is 22.4. The lowest BCUT2D eigenvalue weighted by atomic mass is 9.73. The van der Waals surface area contributed by atoms with E-state index in [1.807, 2.05) is 61.7 Å². The number of nitrogens with one attached hydrogen (secondary N) is 2. The highest BCUT2D eigenvalue weighted by Gasteiger charge is 2.43. The van der Waals surface area contributed by atoms with E-state index in [1.54, 1.807) is 7.11 Å². The van der Waals surface area contributed by atoms with Gasteiger partial charge in [-0.1, -0.05) is 35.9 Å². The predicted octanol–water partition coefficient (Wildman–Crippen LogP) is 4.81. The first-order chi connectivity index (χ1) is 19.0. The molecule has 3 aromatic carbocycles. The zero-order chi connectivity index (χ0) is 27.1. The van der Waals surface area contributed by atoms with Gasteiger partial charge in [0.25, 0.3) is 10.9 Å². The molecule has 7 heteroatoms.